The summed E-state index contributed by atoms with van der Waals surface area (Å²) in [6, 6.07) is 14.5. The average molecular weight is 409 g/mol. The van der Waals surface area contributed by atoms with Gasteiger partial charge in [-0.15, -0.1) is 0 Å². The molecule has 146 valence electrons. The quantitative estimate of drug-likeness (QED) is 0.538. The first-order chi connectivity index (χ1) is 14.0. The number of aromatic nitrogens is 3. The number of amides is 1. The van der Waals surface area contributed by atoms with Gasteiger partial charge in [0.25, 0.3) is 11.1 Å². The van der Waals surface area contributed by atoms with Crippen LogP contribution in [0, 0.1) is 6.92 Å². The van der Waals surface area contributed by atoms with Crippen LogP contribution in [0.4, 0.5) is 5.69 Å². The molecule has 1 amide bonds. The molecule has 0 unspecified atom stereocenters. The number of benzene rings is 2. The van der Waals surface area contributed by atoms with E-state index in [0.29, 0.717) is 21.9 Å². The molecular weight excluding hydrogens is 392 g/mol. The average Bonchev–Trinajstić information content (AvgIpc) is 3.15. The number of rotatable bonds is 5. The van der Waals surface area contributed by atoms with Crippen LogP contribution in [-0.2, 0) is 11.3 Å². The lowest BCUT2D eigenvalue weighted by molar-refractivity contribution is -0.116. The molecule has 0 saturated heterocycles. The SMILES string of the molecule is Cc1ccc(-c2noc3c(=O)n(CCC(=O)Nc4ccc(Cl)cc4)cnc23)cc1. The Bertz CT molecular complexity index is 1230. The number of carbonyl (C=O) groups is 1. The fraction of sp³-hybridized carbons (Fsp3) is 0.143. The van der Waals surface area contributed by atoms with Crippen LogP contribution in [0.3, 0.4) is 0 Å². The van der Waals surface area contributed by atoms with Crippen LogP contribution >= 0.6 is 11.6 Å². The van der Waals surface area contributed by atoms with Crippen LogP contribution < -0.4 is 10.9 Å². The van der Waals surface area contributed by atoms with E-state index in [-0.39, 0.29) is 30.0 Å². The number of halogens is 1. The molecule has 8 heteroatoms. The maximum absolute atomic E-state index is 12.7. The molecule has 0 bridgehead atoms. The van der Waals surface area contributed by atoms with Gasteiger partial charge in [-0.2, -0.15) is 0 Å². The third-order valence-electron chi connectivity index (χ3n) is 4.48. The molecule has 0 atom stereocenters. The van der Waals surface area contributed by atoms with E-state index in [1.807, 2.05) is 31.2 Å². The Morgan fingerprint density at radius 1 is 1.14 bits per heavy atom. The van der Waals surface area contributed by atoms with Crippen LogP contribution in [0.2, 0.25) is 5.02 Å². The first-order valence-electron chi connectivity index (χ1n) is 8.98. The predicted molar refractivity (Wildman–Crippen MR) is 111 cm³/mol. The summed E-state index contributed by atoms with van der Waals surface area (Å²) in [5.74, 6) is -0.225. The van der Waals surface area contributed by atoms with Crippen molar-refractivity contribution in [1.29, 1.82) is 0 Å². The van der Waals surface area contributed by atoms with Crippen LogP contribution in [-0.4, -0.2) is 20.6 Å². The van der Waals surface area contributed by atoms with Gasteiger partial charge in [0.05, 0.1) is 6.33 Å². The Labute approximate surface area is 170 Å². The van der Waals surface area contributed by atoms with Crippen molar-refractivity contribution >= 4 is 34.3 Å². The van der Waals surface area contributed by atoms with E-state index in [1.54, 1.807) is 24.3 Å². The zero-order valence-electron chi connectivity index (χ0n) is 15.6. The smallest absolute Gasteiger partial charge is 0.299 e. The normalized spacial score (nSPS) is 11.0. The van der Waals surface area contributed by atoms with Gasteiger partial charge in [-0.05, 0) is 31.2 Å². The molecule has 0 spiro atoms. The molecule has 2 aromatic carbocycles. The van der Waals surface area contributed by atoms with Crippen LogP contribution in [0.25, 0.3) is 22.4 Å². The lowest BCUT2D eigenvalue weighted by Gasteiger charge is -2.07. The first-order valence-corrected chi connectivity index (χ1v) is 9.36. The Kier molecular flexibility index (Phi) is 5.14. The highest BCUT2D eigenvalue weighted by Gasteiger charge is 2.16. The second-order valence-electron chi connectivity index (χ2n) is 6.62. The molecule has 0 fully saturated rings. The third kappa shape index (κ3) is 4.05. The summed E-state index contributed by atoms with van der Waals surface area (Å²) in [6.45, 7) is 2.16. The number of hydrogen-bond acceptors (Lipinski definition) is 5. The monoisotopic (exact) mass is 408 g/mol. The minimum absolute atomic E-state index is 0.0705. The Morgan fingerprint density at radius 2 is 1.86 bits per heavy atom. The molecule has 0 aliphatic carbocycles. The predicted octanol–water partition coefficient (Wildman–Crippen LogP) is 4.04. The minimum atomic E-state index is -0.375. The summed E-state index contributed by atoms with van der Waals surface area (Å²) in [5, 5.41) is 7.36. The zero-order valence-corrected chi connectivity index (χ0v) is 16.3. The van der Waals surface area contributed by atoms with E-state index in [9.17, 15) is 9.59 Å². The van der Waals surface area contributed by atoms with Crippen molar-refractivity contribution in [2.24, 2.45) is 0 Å². The molecule has 0 aliphatic heterocycles. The first kappa shape index (κ1) is 18.9. The summed E-state index contributed by atoms with van der Waals surface area (Å²) < 4.78 is 6.60. The van der Waals surface area contributed by atoms with E-state index in [2.05, 4.69) is 15.5 Å². The summed E-state index contributed by atoms with van der Waals surface area (Å²) in [5.41, 5.74) is 3.19. The second kappa shape index (κ2) is 7.89. The Hall–Kier alpha value is -3.45. The van der Waals surface area contributed by atoms with Gasteiger partial charge >= 0.3 is 0 Å². The van der Waals surface area contributed by atoms with E-state index < -0.39 is 0 Å². The van der Waals surface area contributed by atoms with E-state index in [0.717, 1.165) is 11.1 Å². The van der Waals surface area contributed by atoms with E-state index in [1.165, 1.54) is 10.9 Å². The minimum Gasteiger partial charge on any atom is -0.348 e. The molecule has 0 saturated carbocycles. The van der Waals surface area contributed by atoms with Crippen molar-refractivity contribution in [3.05, 3.63) is 75.8 Å². The Balaban J connectivity index is 1.51. The van der Waals surface area contributed by atoms with Crippen molar-refractivity contribution in [2.75, 3.05) is 5.32 Å². The lowest BCUT2D eigenvalue weighted by Crippen LogP contribution is -2.23. The molecule has 4 aromatic rings. The number of carbonyl (C=O) groups excluding carboxylic acids is 1. The molecule has 0 aliphatic rings. The van der Waals surface area contributed by atoms with Gasteiger partial charge in [0.15, 0.2) is 0 Å². The molecule has 2 heterocycles. The molecule has 4 rings (SSSR count). The van der Waals surface area contributed by atoms with Gasteiger partial charge in [0, 0.05) is 29.2 Å². The number of nitrogens with one attached hydrogen (secondary N) is 1. The van der Waals surface area contributed by atoms with Crippen LogP contribution in [0.1, 0.15) is 12.0 Å². The highest BCUT2D eigenvalue weighted by molar-refractivity contribution is 6.30. The van der Waals surface area contributed by atoms with Gasteiger partial charge in [-0.3, -0.25) is 14.2 Å². The number of hydrogen-bond donors (Lipinski definition) is 1. The van der Waals surface area contributed by atoms with Crippen LogP contribution in [0.5, 0.6) is 0 Å². The molecule has 29 heavy (non-hydrogen) atoms. The summed E-state index contributed by atoms with van der Waals surface area (Å²) in [6.07, 6.45) is 1.52. The number of nitrogens with zero attached hydrogens (tertiary/aromatic N) is 3. The van der Waals surface area contributed by atoms with E-state index in [4.69, 9.17) is 16.1 Å². The van der Waals surface area contributed by atoms with Crippen LogP contribution in [0.15, 0.2) is 64.2 Å². The largest absolute Gasteiger partial charge is 0.348 e. The molecule has 2 aromatic heterocycles. The van der Waals surface area contributed by atoms with Crippen molar-refractivity contribution < 1.29 is 9.32 Å². The number of fused-ring (bicyclic) bond motifs is 1. The highest BCUT2D eigenvalue weighted by atomic mass is 35.5. The van der Waals surface area contributed by atoms with Crippen molar-refractivity contribution in [3.63, 3.8) is 0 Å². The fourth-order valence-electron chi connectivity index (χ4n) is 2.89. The highest BCUT2D eigenvalue weighted by Crippen LogP contribution is 2.24. The van der Waals surface area contributed by atoms with Gasteiger partial charge in [0.1, 0.15) is 11.2 Å². The topological polar surface area (TPSA) is 90.0 Å². The van der Waals surface area contributed by atoms with Crippen molar-refractivity contribution in [2.45, 2.75) is 19.9 Å². The number of aryl methyl sites for hydroxylation is 2. The fourth-order valence-corrected chi connectivity index (χ4v) is 3.02. The summed E-state index contributed by atoms with van der Waals surface area (Å²) >= 11 is 5.83. The summed E-state index contributed by atoms with van der Waals surface area (Å²) in [7, 11) is 0. The third-order valence-corrected chi connectivity index (χ3v) is 4.73. The maximum atomic E-state index is 12.7. The molecule has 7 nitrogen and oxygen atoms in total. The van der Waals surface area contributed by atoms with Gasteiger partial charge in [-0.25, -0.2) is 4.98 Å². The maximum Gasteiger partial charge on any atom is 0.299 e. The standard InChI is InChI=1S/C21H17ClN4O3/c1-13-2-4-14(5-3-13)18-19-20(29-25-18)21(28)26(12-23-19)11-10-17(27)24-16-8-6-15(22)7-9-16/h2-9,12H,10-11H2,1H3,(H,24,27). The van der Waals surface area contributed by atoms with Gasteiger partial charge < -0.3 is 9.84 Å². The van der Waals surface area contributed by atoms with Gasteiger partial charge in [-0.1, -0.05) is 46.6 Å². The molecule has 1 N–H and O–H groups in total. The van der Waals surface area contributed by atoms with Crippen molar-refractivity contribution in [3.8, 4) is 11.3 Å². The molecular formula is C21H17ClN4O3. The van der Waals surface area contributed by atoms with E-state index >= 15 is 0 Å². The summed E-state index contributed by atoms with van der Waals surface area (Å²) in [4.78, 5) is 29.2. The second-order valence-corrected chi connectivity index (χ2v) is 7.06. The molecule has 0 radical (unpaired) electrons. The van der Waals surface area contributed by atoms with Gasteiger partial charge in [0.2, 0.25) is 5.91 Å². The Morgan fingerprint density at radius 3 is 2.59 bits per heavy atom. The zero-order chi connectivity index (χ0) is 20.4. The lowest BCUT2D eigenvalue weighted by atomic mass is 10.1. The van der Waals surface area contributed by atoms with Crippen molar-refractivity contribution in [1.82, 2.24) is 14.7 Å². The number of anilines is 1.